The predicted molar refractivity (Wildman–Crippen MR) is 53.9 cm³/mol. The van der Waals surface area contributed by atoms with Gasteiger partial charge in [0.25, 0.3) is 0 Å². The maximum atomic E-state index is 3.53. The van der Waals surface area contributed by atoms with Crippen LogP contribution in [0, 0.1) is 0 Å². The van der Waals surface area contributed by atoms with Crippen molar-refractivity contribution in [1.82, 2.24) is 5.32 Å². The Hall–Kier alpha value is -1.02. The molecule has 1 aromatic rings. The summed E-state index contributed by atoms with van der Waals surface area (Å²) in [4.78, 5) is 2.50. The van der Waals surface area contributed by atoms with Crippen LogP contribution in [-0.2, 0) is 6.42 Å². The molecular weight excluding hydrogens is 160 g/mol. The van der Waals surface area contributed by atoms with Gasteiger partial charge in [-0.2, -0.15) is 0 Å². The number of hydrogen-bond acceptors (Lipinski definition) is 2. The van der Waals surface area contributed by atoms with E-state index in [1.807, 2.05) is 0 Å². The molecule has 0 aromatic heterocycles. The Kier molecular flexibility index (Phi) is 1.56. The first kappa shape index (κ1) is 7.39. The normalized spacial score (nSPS) is 25.5. The summed E-state index contributed by atoms with van der Waals surface area (Å²) in [6, 6.07) is 8.78. The first-order valence-electron chi connectivity index (χ1n) is 5.03. The predicted octanol–water partition coefficient (Wildman–Crippen LogP) is 1.37. The molecule has 68 valence electrons. The van der Waals surface area contributed by atoms with Gasteiger partial charge in [0, 0.05) is 18.8 Å². The second kappa shape index (κ2) is 2.74. The van der Waals surface area contributed by atoms with Gasteiger partial charge in [-0.3, -0.25) is 5.32 Å². The van der Waals surface area contributed by atoms with E-state index in [4.69, 9.17) is 0 Å². The molecule has 1 fully saturated rings. The van der Waals surface area contributed by atoms with Gasteiger partial charge in [0.15, 0.2) is 0 Å². The first-order valence-corrected chi connectivity index (χ1v) is 5.03. The van der Waals surface area contributed by atoms with Gasteiger partial charge in [-0.15, -0.1) is 0 Å². The van der Waals surface area contributed by atoms with E-state index in [0.717, 1.165) is 6.54 Å². The zero-order valence-corrected chi connectivity index (χ0v) is 7.66. The first-order chi connectivity index (χ1) is 6.45. The molecule has 13 heavy (non-hydrogen) atoms. The van der Waals surface area contributed by atoms with Crippen LogP contribution in [0.15, 0.2) is 24.3 Å². The number of hydrogen-bond donors (Lipinski definition) is 1. The van der Waals surface area contributed by atoms with Crippen LogP contribution in [0.2, 0.25) is 0 Å². The summed E-state index contributed by atoms with van der Waals surface area (Å²) in [6.45, 7) is 2.31. The Labute approximate surface area is 78.6 Å². The Morgan fingerprint density at radius 1 is 1.31 bits per heavy atom. The lowest BCUT2D eigenvalue weighted by molar-refractivity contribution is 0.539. The topological polar surface area (TPSA) is 15.3 Å². The van der Waals surface area contributed by atoms with Crippen molar-refractivity contribution in [2.45, 2.75) is 19.0 Å². The van der Waals surface area contributed by atoms with E-state index in [-0.39, 0.29) is 0 Å². The number of anilines is 1. The van der Waals surface area contributed by atoms with Crippen molar-refractivity contribution in [1.29, 1.82) is 0 Å². The summed E-state index contributed by atoms with van der Waals surface area (Å²) in [7, 11) is 0. The molecule has 2 heteroatoms. The Morgan fingerprint density at radius 3 is 3.23 bits per heavy atom. The standard InChI is InChI=1S/C11H14N2/c1-2-4-10-9(3-1)5-6-11-12-7-8-13(10)11/h1-4,11-12H,5-8H2. The smallest absolute Gasteiger partial charge is 0.0800 e. The molecular formula is C11H14N2. The lowest BCUT2D eigenvalue weighted by atomic mass is 10.0. The summed E-state index contributed by atoms with van der Waals surface area (Å²) in [5.74, 6) is 0. The van der Waals surface area contributed by atoms with E-state index in [9.17, 15) is 0 Å². The third-order valence-electron chi connectivity index (χ3n) is 3.10. The summed E-state index contributed by atoms with van der Waals surface area (Å²) >= 11 is 0. The zero-order valence-electron chi connectivity index (χ0n) is 7.66. The van der Waals surface area contributed by atoms with Gasteiger partial charge in [0.05, 0.1) is 6.17 Å². The highest BCUT2D eigenvalue weighted by atomic mass is 15.3. The Balaban J connectivity index is 2.06. The number of benzene rings is 1. The molecule has 1 saturated heterocycles. The maximum absolute atomic E-state index is 3.53. The number of para-hydroxylation sites is 1. The molecule has 0 spiro atoms. The van der Waals surface area contributed by atoms with Crippen LogP contribution < -0.4 is 10.2 Å². The summed E-state index contributed by atoms with van der Waals surface area (Å²) < 4.78 is 0. The van der Waals surface area contributed by atoms with Gasteiger partial charge in [-0.05, 0) is 24.5 Å². The van der Waals surface area contributed by atoms with Gasteiger partial charge < -0.3 is 4.90 Å². The summed E-state index contributed by atoms with van der Waals surface area (Å²) in [5, 5.41) is 3.53. The quantitative estimate of drug-likeness (QED) is 0.639. The molecule has 0 bridgehead atoms. The van der Waals surface area contributed by atoms with E-state index in [1.165, 1.54) is 30.6 Å². The maximum Gasteiger partial charge on any atom is 0.0800 e. The largest absolute Gasteiger partial charge is 0.354 e. The molecule has 2 nitrogen and oxygen atoms in total. The van der Waals surface area contributed by atoms with Crippen LogP contribution in [0.25, 0.3) is 0 Å². The molecule has 0 saturated carbocycles. The van der Waals surface area contributed by atoms with E-state index >= 15 is 0 Å². The van der Waals surface area contributed by atoms with Gasteiger partial charge >= 0.3 is 0 Å². The molecule has 1 unspecified atom stereocenters. The fourth-order valence-corrected chi connectivity index (χ4v) is 2.46. The number of aryl methyl sites for hydroxylation is 1. The van der Waals surface area contributed by atoms with Crippen molar-refractivity contribution in [3.63, 3.8) is 0 Å². The van der Waals surface area contributed by atoms with Crippen LogP contribution in [0.4, 0.5) is 5.69 Å². The molecule has 0 aliphatic carbocycles. The molecule has 0 amide bonds. The molecule has 1 aromatic carbocycles. The zero-order chi connectivity index (χ0) is 8.67. The monoisotopic (exact) mass is 174 g/mol. The minimum absolute atomic E-state index is 0.606. The number of fused-ring (bicyclic) bond motifs is 3. The van der Waals surface area contributed by atoms with Crippen molar-refractivity contribution in [3.05, 3.63) is 29.8 Å². The van der Waals surface area contributed by atoms with Gasteiger partial charge in [0.2, 0.25) is 0 Å². The third kappa shape index (κ3) is 1.05. The van der Waals surface area contributed by atoms with Crippen LogP contribution in [-0.4, -0.2) is 19.3 Å². The summed E-state index contributed by atoms with van der Waals surface area (Å²) in [6.07, 6.45) is 3.09. The molecule has 3 rings (SSSR count). The lowest BCUT2D eigenvalue weighted by Gasteiger charge is -2.32. The summed E-state index contributed by atoms with van der Waals surface area (Å²) in [5.41, 5.74) is 2.96. The minimum Gasteiger partial charge on any atom is -0.354 e. The van der Waals surface area contributed by atoms with Crippen molar-refractivity contribution in [2.24, 2.45) is 0 Å². The Bertz CT molecular complexity index is 322. The average molecular weight is 174 g/mol. The average Bonchev–Trinajstić information content (AvgIpc) is 2.65. The fourth-order valence-electron chi connectivity index (χ4n) is 2.46. The molecule has 0 radical (unpaired) electrons. The molecule has 2 aliphatic heterocycles. The molecule has 1 atom stereocenters. The van der Waals surface area contributed by atoms with E-state index in [0.29, 0.717) is 6.17 Å². The van der Waals surface area contributed by atoms with Crippen LogP contribution >= 0.6 is 0 Å². The van der Waals surface area contributed by atoms with E-state index < -0.39 is 0 Å². The van der Waals surface area contributed by atoms with E-state index in [2.05, 4.69) is 34.5 Å². The SMILES string of the molecule is c1ccc2c(c1)CCC1NCCN21. The van der Waals surface area contributed by atoms with Crippen molar-refractivity contribution in [3.8, 4) is 0 Å². The highest BCUT2D eigenvalue weighted by Crippen LogP contribution is 2.30. The molecule has 2 aliphatic rings. The third-order valence-corrected chi connectivity index (χ3v) is 3.10. The molecule has 2 heterocycles. The number of nitrogens with zero attached hydrogens (tertiary/aromatic N) is 1. The van der Waals surface area contributed by atoms with Gasteiger partial charge in [-0.25, -0.2) is 0 Å². The van der Waals surface area contributed by atoms with Crippen molar-refractivity contribution >= 4 is 5.69 Å². The van der Waals surface area contributed by atoms with Crippen molar-refractivity contribution in [2.75, 3.05) is 18.0 Å². The van der Waals surface area contributed by atoms with Gasteiger partial charge in [-0.1, -0.05) is 18.2 Å². The lowest BCUT2D eigenvalue weighted by Crippen LogP contribution is -2.39. The minimum atomic E-state index is 0.606. The van der Waals surface area contributed by atoms with Crippen LogP contribution in [0.1, 0.15) is 12.0 Å². The number of nitrogens with one attached hydrogen (secondary N) is 1. The second-order valence-corrected chi connectivity index (χ2v) is 3.83. The molecule has 1 N–H and O–H groups in total. The Morgan fingerprint density at radius 2 is 2.23 bits per heavy atom. The highest BCUT2D eigenvalue weighted by molar-refractivity contribution is 5.57. The van der Waals surface area contributed by atoms with E-state index in [1.54, 1.807) is 0 Å². The van der Waals surface area contributed by atoms with Crippen LogP contribution in [0.5, 0.6) is 0 Å². The van der Waals surface area contributed by atoms with Crippen molar-refractivity contribution < 1.29 is 0 Å². The number of rotatable bonds is 0. The van der Waals surface area contributed by atoms with Gasteiger partial charge in [0.1, 0.15) is 0 Å². The van der Waals surface area contributed by atoms with Crippen LogP contribution in [0.3, 0.4) is 0 Å². The second-order valence-electron chi connectivity index (χ2n) is 3.83. The highest BCUT2D eigenvalue weighted by Gasteiger charge is 2.28. The fraction of sp³-hybridized carbons (Fsp3) is 0.455.